The van der Waals surface area contributed by atoms with Crippen molar-refractivity contribution in [2.24, 2.45) is 0 Å². The van der Waals surface area contributed by atoms with E-state index in [4.69, 9.17) is 9.47 Å². The predicted octanol–water partition coefficient (Wildman–Crippen LogP) is 7.27. The van der Waals surface area contributed by atoms with Crippen LogP contribution in [0.4, 0.5) is 4.39 Å². The summed E-state index contributed by atoms with van der Waals surface area (Å²) in [6.07, 6.45) is 1.69. The molecule has 0 aliphatic carbocycles. The van der Waals surface area contributed by atoms with Crippen LogP contribution in [0.15, 0.2) is 63.5 Å². The first-order valence-electron chi connectivity index (χ1n) is 10.1. The highest BCUT2D eigenvalue weighted by molar-refractivity contribution is 9.10. The van der Waals surface area contributed by atoms with E-state index in [1.54, 1.807) is 12.1 Å². The lowest BCUT2D eigenvalue weighted by atomic mass is 10.1. The Bertz CT molecular complexity index is 1380. The maximum absolute atomic E-state index is 13.5. The fourth-order valence-corrected chi connectivity index (χ4v) is 3.90. The Kier molecular flexibility index (Phi) is 7.11. The van der Waals surface area contributed by atoms with Crippen molar-refractivity contribution >= 4 is 54.5 Å². The normalized spacial score (nSPS) is 11.4. The average Bonchev–Trinajstić information content (AvgIpc) is 3.22. The van der Waals surface area contributed by atoms with Gasteiger partial charge in [-0.15, -0.1) is 0 Å². The van der Waals surface area contributed by atoms with Crippen LogP contribution in [0.2, 0.25) is 0 Å². The third kappa shape index (κ3) is 5.44. The summed E-state index contributed by atoms with van der Waals surface area (Å²) in [7, 11) is 0. The molecule has 0 saturated heterocycles. The number of nitrogens with zero attached hydrogens (tertiary/aromatic N) is 2. The second kappa shape index (κ2) is 10.2. The van der Waals surface area contributed by atoms with Gasteiger partial charge in [-0.2, -0.15) is 5.26 Å². The van der Waals surface area contributed by atoms with Crippen LogP contribution in [0, 0.1) is 17.1 Å². The lowest BCUT2D eigenvalue weighted by molar-refractivity contribution is 0.269. The number of aromatic nitrogens is 2. The predicted molar refractivity (Wildman–Crippen MR) is 133 cm³/mol. The van der Waals surface area contributed by atoms with Crippen LogP contribution in [-0.4, -0.2) is 16.6 Å². The third-order valence-corrected chi connectivity index (χ3v) is 6.01. The van der Waals surface area contributed by atoms with Crippen molar-refractivity contribution in [2.45, 2.75) is 13.5 Å². The zero-order valence-corrected chi connectivity index (χ0v) is 20.7. The van der Waals surface area contributed by atoms with E-state index in [1.807, 2.05) is 43.3 Å². The number of hydrogen-bond donors (Lipinski definition) is 1. The first kappa shape index (κ1) is 23.0. The highest BCUT2D eigenvalue weighted by Crippen LogP contribution is 2.36. The Balaban J connectivity index is 1.65. The molecule has 4 aromatic rings. The molecule has 0 radical (unpaired) electrons. The van der Waals surface area contributed by atoms with Crippen molar-refractivity contribution in [2.75, 3.05) is 6.61 Å². The largest absolute Gasteiger partial charge is 0.490 e. The number of nitrogens with one attached hydrogen (secondary N) is 1. The fourth-order valence-electron chi connectivity index (χ4n) is 3.20. The van der Waals surface area contributed by atoms with Gasteiger partial charge >= 0.3 is 0 Å². The van der Waals surface area contributed by atoms with Gasteiger partial charge in [-0.3, -0.25) is 0 Å². The molecule has 3 aromatic carbocycles. The molecule has 0 fully saturated rings. The van der Waals surface area contributed by atoms with E-state index in [0.29, 0.717) is 47.1 Å². The topological polar surface area (TPSA) is 70.9 Å². The molecule has 33 heavy (non-hydrogen) atoms. The van der Waals surface area contributed by atoms with Gasteiger partial charge in [-0.1, -0.05) is 44.0 Å². The smallest absolute Gasteiger partial charge is 0.162 e. The van der Waals surface area contributed by atoms with Crippen LogP contribution in [0.3, 0.4) is 0 Å². The van der Waals surface area contributed by atoms with Gasteiger partial charge in [0.1, 0.15) is 24.3 Å². The Labute approximate surface area is 207 Å². The SMILES string of the molecule is CCOc1cc(/C=C(/C#N)c2nc3ccc(F)cc3[nH]2)c(Br)cc1OCc1ccc(Br)cc1. The summed E-state index contributed by atoms with van der Waals surface area (Å²) in [6.45, 7) is 2.73. The molecule has 0 amide bonds. The zero-order valence-electron chi connectivity index (χ0n) is 17.5. The lowest BCUT2D eigenvalue weighted by Crippen LogP contribution is -2.00. The summed E-state index contributed by atoms with van der Waals surface area (Å²) in [6, 6.07) is 17.9. The van der Waals surface area contributed by atoms with Gasteiger partial charge in [-0.25, -0.2) is 9.37 Å². The lowest BCUT2D eigenvalue weighted by Gasteiger charge is -2.14. The third-order valence-electron chi connectivity index (χ3n) is 4.79. The van der Waals surface area contributed by atoms with Gasteiger partial charge < -0.3 is 14.5 Å². The quantitative estimate of drug-likeness (QED) is 0.237. The standard InChI is InChI=1S/C25H18Br2FN3O2/c1-2-32-23-10-16(20(27)12-24(23)33-14-15-3-5-18(26)6-4-15)9-17(13-29)25-30-21-8-7-19(28)11-22(21)31-25/h3-12H,2,14H2,1H3,(H,30,31)/b17-9-. The van der Waals surface area contributed by atoms with Crippen molar-refractivity contribution in [1.82, 2.24) is 9.97 Å². The summed E-state index contributed by atoms with van der Waals surface area (Å²) < 4.78 is 27.0. The first-order chi connectivity index (χ1) is 16.0. The van der Waals surface area contributed by atoms with Gasteiger partial charge in [0.2, 0.25) is 0 Å². The number of benzene rings is 3. The molecule has 166 valence electrons. The minimum atomic E-state index is -0.372. The number of fused-ring (bicyclic) bond motifs is 1. The second-order valence-corrected chi connectivity index (χ2v) is 8.86. The van der Waals surface area contributed by atoms with Crippen LogP contribution in [-0.2, 0) is 6.61 Å². The summed E-state index contributed by atoms with van der Waals surface area (Å²) in [5.41, 5.74) is 3.15. The summed E-state index contributed by atoms with van der Waals surface area (Å²) >= 11 is 6.99. The van der Waals surface area contributed by atoms with Crippen LogP contribution < -0.4 is 9.47 Å². The summed E-state index contributed by atoms with van der Waals surface area (Å²) in [5.74, 6) is 1.14. The Morgan fingerprint density at radius 2 is 1.85 bits per heavy atom. The van der Waals surface area contributed by atoms with Gasteiger partial charge in [0.25, 0.3) is 0 Å². The number of ether oxygens (including phenoxy) is 2. The number of rotatable bonds is 7. The van der Waals surface area contributed by atoms with E-state index in [2.05, 4.69) is 47.9 Å². The summed E-state index contributed by atoms with van der Waals surface area (Å²) in [4.78, 5) is 7.41. The molecule has 0 unspecified atom stereocenters. The Morgan fingerprint density at radius 3 is 2.58 bits per heavy atom. The Morgan fingerprint density at radius 1 is 1.09 bits per heavy atom. The number of halogens is 3. The molecule has 4 rings (SSSR count). The van der Waals surface area contributed by atoms with Crippen LogP contribution in [0.1, 0.15) is 23.9 Å². The summed E-state index contributed by atoms with van der Waals surface area (Å²) in [5, 5.41) is 9.74. The van der Waals surface area contributed by atoms with Gasteiger partial charge in [0.05, 0.1) is 23.2 Å². The molecule has 0 aliphatic heterocycles. The number of allylic oxidation sites excluding steroid dienone is 1. The van der Waals surface area contributed by atoms with Crippen LogP contribution >= 0.6 is 31.9 Å². The monoisotopic (exact) mass is 569 g/mol. The number of imidazole rings is 1. The number of aromatic amines is 1. The molecule has 5 nitrogen and oxygen atoms in total. The maximum atomic E-state index is 13.5. The molecule has 0 saturated carbocycles. The molecule has 0 spiro atoms. The van der Waals surface area contributed by atoms with E-state index >= 15 is 0 Å². The zero-order chi connectivity index (χ0) is 23.4. The van der Waals surface area contributed by atoms with E-state index < -0.39 is 0 Å². The first-order valence-corrected chi connectivity index (χ1v) is 11.7. The molecule has 0 bridgehead atoms. The highest BCUT2D eigenvalue weighted by atomic mass is 79.9. The van der Waals surface area contributed by atoms with Gasteiger partial charge in [0, 0.05) is 8.95 Å². The molecule has 1 heterocycles. The van der Waals surface area contributed by atoms with Crippen molar-refractivity contribution in [3.8, 4) is 17.6 Å². The molecule has 8 heteroatoms. The molecular formula is C25H18Br2FN3O2. The second-order valence-electron chi connectivity index (χ2n) is 7.09. The van der Waals surface area contributed by atoms with Crippen molar-refractivity contribution in [3.63, 3.8) is 0 Å². The van der Waals surface area contributed by atoms with E-state index in [9.17, 15) is 9.65 Å². The van der Waals surface area contributed by atoms with Crippen molar-refractivity contribution in [3.05, 3.63) is 86.3 Å². The van der Waals surface area contributed by atoms with E-state index in [-0.39, 0.29) is 5.82 Å². The molecule has 1 aromatic heterocycles. The van der Waals surface area contributed by atoms with Crippen LogP contribution in [0.5, 0.6) is 11.5 Å². The van der Waals surface area contributed by atoms with Crippen molar-refractivity contribution in [1.29, 1.82) is 5.26 Å². The molecule has 0 aliphatic rings. The van der Waals surface area contributed by atoms with Gasteiger partial charge in [-0.05, 0) is 66.6 Å². The van der Waals surface area contributed by atoms with E-state index in [0.717, 1.165) is 20.1 Å². The number of hydrogen-bond acceptors (Lipinski definition) is 4. The maximum Gasteiger partial charge on any atom is 0.162 e. The average molecular weight is 571 g/mol. The number of H-pyrrole nitrogens is 1. The minimum Gasteiger partial charge on any atom is -0.490 e. The highest BCUT2D eigenvalue weighted by Gasteiger charge is 2.14. The van der Waals surface area contributed by atoms with Crippen molar-refractivity contribution < 1.29 is 13.9 Å². The van der Waals surface area contributed by atoms with E-state index in [1.165, 1.54) is 12.1 Å². The molecule has 1 N–H and O–H groups in total. The van der Waals surface area contributed by atoms with Gasteiger partial charge in [0.15, 0.2) is 11.5 Å². The van der Waals surface area contributed by atoms with Crippen LogP contribution in [0.25, 0.3) is 22.7 Å². The minimum absolute atomic E-state index is 0.304. The number of nitriles is 1. The fraction of sp³-hybridized carbons (Fsp3) is 0.120. The molecular weight excluding hydrogens is 553 g/mol. The Hall–Kier alpha value is -3.15. The molecule has 0 atom stereocenters.